The molecular formula is C29H29N3O6S. The average Bonchev–Trinajstić information content (AvgIpc) is 3.51. The number of carbonyl (C=O) groups is 2. The molecule has 0 bridgehead atoms. The molecule has 2 heterocycles. The van der Waals surface area contributed by atoms with E-state index in [1.807, 2.05) is 56.3 Å². The highest BCUT2D eigenvalue weighted by Crippen LogP contribution is 2.36. The standard InChI is InChI=1S/C29H29N3O6S/c1-3-35-22-10-6-20(7-11-22)30-27(33)16-26-28(34)32(17-19-5-14-24-25(15-19)38-18-37-24)29(39-26)31-21-8-12-23(13-9-21)36-4-2/h5-15,26H,3-4,16-18H2,1-2H3,(H,30,33)/t26-/m0/s1. The van der Waals surface area contributed by atoms with E-state index in [0.29, 0.717) is 41.3 Å². The Labute approximate surface area is 231 Å². The van der Waals surface area contributed by atoms with Gasteiger partial charge in [0.15, 0.2) is 16.7 Å². The first-order valence-corrected chi connectivity index (χ1v) is 13.6. The van der Waals surface area contributed by atoms with Gasteiger partial charge in [-0.3, -0.25) is 14.5 Å². The zero-order chi connectivity index (χ0) is 27.2. The molecule has 2 aliphatic heterocycles. The predicted molar refractivity (Wildman–Crippen MR) is 150 cm³/mol. The normalized spacial score (nSPS) is 17.0. The molecule has 10 heteroatoms. The smallest absolute Gasteiger partial charge is 0.242 e. The van der Waals surface area contributed by atoms with E-state index in [0.717, 1.165) is 17.1 Å². The SMILES string of the molecule is CCOc1ccc(N=C2S[C@@H](CC(=O)Nc3ccc(OCC)cc3)C(=O)N2Cc2ccc3c(c2)OCO3)cc1. The van der Waals surface area contributed by atoms with Crippen molar-refractivity contribution in [3.05, 3.63) is 72.3 Å². The number of hydrogen-bond acceptors (Lipinski definition) is 8. The fraction of sp³-hybridized carbons (Fsp3) is 0.276. The van der Waals surface area contributed by atoms with Gasteiger partial charge in [-0.25, -0.2) is 4.99 Å². The number of aliphatic imine (C=N–C) groups is 1. The van der Waals surface area contributed by atoms with Crippen molar-refractivity contribution in [2.45, 2.75) is 32.1 Å². The number of carbonyl (C=O) groups excluding carboxylic acids is 2. The summed E-state index contributed by atoms with van der Waals surface area (Å²) in [5, 5.41) is 2.79. The maximum absolute atomic E-state index is 13.5. The van der Waals surface area contributed by atoms with Gasteiger partial charge >= 0.3 is 0 Å². The number of fused-ring (bicyclic) bond motifs is 1. The van der Waals surface area contributed by atoms with Gasteiger partial charge in [0.25, 0.3) is 0 Å². The summed E-state index contributed by atoms with van der Waals surface area (Å²) in [4.78, 5) is 32.8. The number of thioether (sulfide) groups is 1. The topological polar surface area (TPSA) is 98.7 Å². The number of benzene rings is 3. The number of amides is 2. The van der Waals surface area contributed by atoms with Crippen LogP contribution in [0.1, 0.15) is 25.8 Å². The maximum Gasteiger partial charge on any atom is 0.242 e. The lowest BCUT2D eigenvalue weighted by Crippen LogP contribution is -2.33. The highest BCUT2D eigenvalue weighted by Gasteiger charge is 2.39. The summed E-state index contributed by atoms with van der Waals surface area (Å²) in [6.07, 6.45) is 0.0106. The van der Waals surface area contributed by atoms with Crippen molar-refractivity contribution in [2.75, 3.05) is 25.3 Å². The molecule has 0 radical (unpaired) electrons. The molecule has 0 saturated carbocycles. The van der Waals surface area contributed by atoms with Gasteiger partial charge in [-0.2, -0.15) is 0 Å². The van der Waals surface area contributed by atoms with Crippen LogP contribution in [0, 0.1) is 0 Å². The van der Waals surface area contributed by atoms with Crippen molar-refractivity contribution in [2.24, 2.45) is 4.99 Å². The van der Waals surface area contributed by atoms with Crippen molar-refractivity contribution in [1.82, 2.24) is 4.90 Å². The van der Waals surface area contributed by atoms with E-state index >= 15 is 0 Å². The van der Waals surface area contributed by atoms with Crippen LogP contribution in [0.25, 0.3) is 0 Å². The molecule has 202 valence electrons. The Balaban J connectivity index is 1.33. The van der Waals surface area contributed by atoms with Crippen molar-refractivity contribution in [3.8, 4) is 23.0 Å². The number of amidine groups is 1. The molecule has 3 aromatic rings. The van der Waals surface area contributed by atoms with Crippen molar-refractivity contribution < 1.29 is 28.5 Å². The van der Waals surface area contributed by atoms with E-state index in [9.17, 15) is 9.59 Å². The summed E-state index contributed by atoms with van der Waals surface area (Å²) >= 11 is 1.29. The number of nitrogens with one attached hydrogen (secondary N) is 1. The second-order valence-electron chi connectivity index (χ2n) is 8.75. The lowest BCUT2D eigenvalue weighted by atomic mass is 10.1. The maximum atomic E-state index is 13.5. The van der Waals surface area contributed by atoms with Crippen LogP contribution in [0.2, 0.25) is 0 Å². The van der Waals surface area contributed by atoms with E-state index in [2.05, 4.69) is 5.32 Å². The Morgan fingerprint density at radius 2 is 1.64 bits per heavy atom. The van der Waals surface area contributed by atoms with Gasteiger partial charge in [-0.1, -0.05) is 17.8 Å². The minimum atomic E-state index is -0.608. The summed E-state index contributed by atoms with van der Waals surface area (Å²) in [5.74, 6) is 2.36. The molecule has 2 amide bonds. The van der Waals surface area contributed by atoms with Crippen molar-refractivity contribution >= 4 is 40.1 Å². The third-order valence-corrected chi connectivity index (χ3v) is 7.17. The van der Waals surface area contributed by atoms with Crippen LogP contribution in [0.3, 0.4) is 0 Å². The van der Waals surface area contributed by atoms with Gasteiger partial charge < -0.3 is 24.3 Å². The fourth-order valence-electron chi connectivity index (χ4n) is 4.17. The van der Waals surface area contributed by atoms with Crippen LogP contribution in [-0.4, -0.2) is 47.1 Å². The third kappa shape index (κ3) is 6.46. The molecule has 2 aliphatic rings. The van der Waals surface area contributed by atoms with E-state index in [4.69, 9.17) is 23.9 Å². The zero-order valence-electron chi connectivity index (χ0n) is 21.7. The monoisotopic (exact) mass is 547 g/mol. The second-order valence-corrected chi connectivity index (χ2v) is 9.92. The Morgan fingerprint density at radius 3 is 2.33 bits per heavy atom. The molecule has 1 fully saturated rings. The molecule has 39 heavy (non-hydrogen) atoms. The van der Waals surface area contributed by atoms with Crippen molar-refractivity contribution in [1.29, 1.82) is 0 Å². The fourth-order valence-corrected chi connectivity index (χ4v) is 5.33. The van der Waals surface area contributed by atoms with Crippen molar-refractivity contribution in [3.63, 3.8) is 0 Å². The zero-order valence-corrected chi connectivity index (χ0v) is 22.5. The molecule has 5 rings (SSSR count). The molecule has 0 aromatic heterocycles. The van der Waals surface area contributed by atoms with Gasteiger partial charge in [-0.15, -0.1) is 0 Å². The van der Waals surface area contributed by atoms with E-state index in [1.54, 1.807) is 29.2 Å². The number of rotatable bonds is 10. The molecule has 0 aliphatic carbocycles. The lowest BCUT2D eigenvalue weighted by molar-refractivity contribution is -0.128. The Morgan fingerprint density at radius 1 is 0.974 bits per heavy atom. The summed E-state index contributed by atoms with van der Waals surface area (Å²) in [6.45, 7) is 5.44. The van der Waals surface area contributed by atoms with Gasteiger partial charge in [-0.05, 0) is 80.1 Å². The predicted octanol–water partition coefficient (Wildman–Crippen LogP) is 5.37. The van der Waals surface area contributed by atoms with Gasteiger partial charge in [0.2, 0.25) is 18.6 Å². The Kier molecular flexibility index (Phi) is 8.21. The van der Waals surface area contributed by atoms with Gasteiger partial charge in [0, 0.05) is 12.1 Å². The van der Waals surface area contributed by atoms with E-state index < -0.39 is 5.25 Å². The van der Waals surface area contributed by atoms with Crippen LogP contribution in [0.5, 0.6) is 23.0 Å². The highest BCUT2D eigenvalue weighted by molar-refractivity contribution is 8.15. The van der Waals surface area contributed by atoms with E-state index in [1.165, 1.54) is 11.8 Å². The quantitative estimate of drug-likeness (QED) is 0.364. The Hall–Kier alpha value is -4.18. The molecular weight excluding hydrogens is 518 g/mol. The van der Waals surface area contributed by atoms with Crippen LogP contribution >= 0.6 is 11.8 Å². The average molecular weight is 548 g/mol. The minimum Gasteiger partial charge on any atom is -0.494 e. The van der Waals surface area contributed by atoms with Crippen LogP contribution in [0.15, 0.2) is 71.7 Å². The molecule has 9 nitrogen and oxygen atoms in total. The van der Waals surface area contributed by atoms with Gasteiger partial charge in [0.05, 0.1) is 25.4 Å². The Bertz CT molecular complexity index is 1360. The third-order valence-electron chi connectivity index (χ3n) is 5.99. The molecule has 0 spiro atoms. The molecule has 0 unspecified atom stereocenters. The molecule has 3 aromatic carbocycles. The van der Waals surface area contributed by atoms with Crippen LogP contribution < -0.4 is 24.3 Å². The van der Waals surface area contributed by atoms with E-state index in [-0.39, 0.29) is 31.6 Å². The summed E-state index contributed by atoms with van der Waals surface area (Å²) in [5.41, 5.74) is 2.19. The summed E-state index contributed by atoms with van der Waals surface area (Å²) in [7, 11) is 0. The number of anilines is 1. The summed E-state index contributed by atoms with van der Waals surface area (Å²) < 4.78 is 21.9. The first-order chi connectivity index (χ1) is 19.0. The van der Waals surface area contributed by atoms with Crippen LogP contribution in [-0.2, 0) is 16.1 Å². The van der Waals surface area contributed by atoms with Crippen LogP contribution in [0.4, 0.5) is 11.4 Å². The lowest BCUT2D eigenvalue weighted by Gasteiger charge is -2.17. The highest BCUT2D eigenvalue weighted by atomic mass is 32.2. The second kappa shape index (κ2) is 12.1. The number of nitrogens with zero attached hydrogens (tertiary/aromatic N) is 2. The minimum absolute atomic E-state index is 0.0106. The molecule has 1 saturated heterocycles. The first-order valence-electron chi connectivity index (χ1n) is 12.7. The number of ether oxygens (including phenoxy) is 4. The number of hydrogen-bond donors (Lipinski definition) is 1. The first kappa shape index (κ1) is 26.4. The largest absolute Gasteiger partial charge is 0.494 e. The molecule has 1 atom stereocenters. The summed E-state index contributed by atoms with van der Waals surface area (Å²) in [6, 6.07) is 20.1. The van der Waals surface area contributed by atoms with Gasteiger partial charge in [0.1, 0.15) is 16.7 Å². The molecule has 1 N–H and O–H groups in total.